The molecule has 0 aliphatic rings. The zero-order valence-electron chi connectivity index (χ0n) is 13.9. The van der Waals surface area contributed by atoms with Crippen LogP contribution < -0.4 is 5.32 Å². The topological polar surface area (TPSA) is 55.4 Å². The van der Waals surface area contributed by atoms with Crippen molar-refractivity contribution in [2.45, 2.75) is 39.8 Å². The Hall–Kier alpha value is -2.21. The SMILES string of the molecule is CCc1cc(C(=O)O[C@H](C)C(=O)NCc2ccc(F)cc2)sc1C. The van der Waals surface area contributed by atoms with Crippen LogP contribution in [0.1, 0.15) is 39.5 Å². The maximum atomic E-state index is 12.8. The van der Waals surface area contributed by atoms with E-state index in [1.165, 1.54) is 30.4 Å². The van der Waals surface area contributed by atoms with E-state index in [1.54, 1.807) is 12.1 Å². The van der Waals surface area contributed by atoms with Gasteiger partial charge in [-0.05, 0) is 49.6 Å². The van der Waals surface area contributed by atoms with Gasteiger partial charge in [0.05, 0.1) is 0 Å². The molecule has 1 aromatic heterocycles. The predicted octanol–water partition coefficient (Wildman–Crippen LogP) is 3.62. The van der Waals surface area contributed by atoms with Gasteiger partial charge in [0, 0.05) is 11.4 Å². The van der Waals surface area contributed by atoms with E-state index in [-0.39, 0.29) is 12.4 Å². The average Bonchev–Trinajstić information content (AvgIpc) is 2.95. The summed E-state index contributed by atoms with van der Waals surface area (Å²) in [6.45, 7) is 5.76. The van der Waals surface area contributed by atoms with Crippen LogP contribution in [0.15, 0.2) is 30.3 Å². The number of amides is 1. The third-order valence-electron chi connectivity index (χ3n) is 3.64. The van der Waals surface area contributed by atoms with Gasteiger partial charge in [0.25, 0.3) is 5.91 Å². The van der Waals surface area contributed by atoms with E-state index < -0.39 is 18.0 Å². The highest BCUT2D eigenvalue weighted by Gasteiger charge is 2.20. The first-order valence-corrected chi connectivity index (χ1v) is 8.54. The van der Waals surface area contributed by atoms with Crippen LogP contribution in [0.25, 0.3) is 0 Å². The van der Waals surface area contributed by atoms with Crippen molar-refractivity contribution in [3.05, 3.63) is 57.0 Å². The maximum absolute atomic E-state index is 12.8. The molecule has 4 nitrogen and oxygen atoms in total. The molecule has 128 valence electrons. The molecule has 2 aromatic rings. The fourth-order valence-electron chi connectivity index (χ4n) is 2.18. The number of rotatable bonds is 6. The molecule has 0 aliphatic heterocycles. The number of ether oxygens (including phenoxy) is 1. The molecule has 1 aromatic carbocycles. The Balaban J connectivity index is 1.88. The molecule has 1 heterocycles. The average molecular weight is 349 g/mol. The van der Waals surface area contributed by atoms with Crippen molar-refractivity contribution < 1.29 is 18.7 Å². The third-order valence-corrected chi connectivity index (χ3v) is 4.71. The number of nitrogens with one attached hydrogen (secondary N) is 1. The van der Waals surface area contributed by atoms with Crippen molar-refractivity contribution in [1.82, 2.24) is 5.32 Å². The summed E-state index contributed by atoms with van der Waals surface area (Å²) in [5, 5.41) is 2.67. The van der Waals surface area contributed by atoms with Crippen LogP contribution >= 0.6 is 11.3 Å². The molecule has 0 fully saturated rings. The van der Waals surface area contributed by atoms with Gasteiger partial charge in [-0.1, -0.05) is 19.1 Å². The Morgan fingerprint density at radius 3 is 2.54 bits per heavy atom. The molecule has 6 heteroatoms. The molecule has 0 radical (unpaired) electrons. The van der Waals surface area contributed by atoms with Crippen molar-refractivity contribution in [3.8, 4) is 0 Å². The highest BCUT2D eigenvalue weighted by molar-refractivity contribution is 7.14. The van der Waals surface area contributed by atoms with E-state index in [0.29, 0.717) is 4.88 Å². The Labute approximate surface area is 144 Å². The van der Waals surface area contributed by atoms with Crippen LogP contribution in [-0.2, 0) is 22.5 Å². The fourth-order valence-corrected chi connectivity index (χ4v) is 3.18. The van der Waals surface area contributed by atoms with E-state index in [9.17, 15) is 14.0 Å². The van der Waals surface area contributed by atoms with Crippen LogP contribution in [0.2, 0.25) is 0 Å². The van der Waals surface area contributed by atoms with Crippen LogP contribution in [0, 0.1) is 12.7 Å². The minimum atomic E-state index is -0.898. The van der Waals surface area contributed by atoms with Crippen molar-refractivity contribution in [1.29, 1.82) is 0 Å². The second kappa shape index (κ2) is 8.06. The zero-order valence-corrected chi connectivity index (χ0v) is 14.7. The minimum Gasteiger partial charge on any atom is -0.448 e. The van der Waals surface area contributed by atoms with Gasteiger partial charge in [0.15, 0.2) is 6.10 Å². The number of halogens is 1. The van der Waals surface area contributed by atoms with Gasteiger partial charge in [0.2, 0.25) is 0 Å². The number of benzene rings is 1. The Bertz CT molecular complexity index is 724. The summed E-state index contributed by atoms with van der Waals surface area (Å²) in [5.41, 5.74) is 1.88. The smallest absolute Gasteiger partial charge is 0.349 e. The van der Waals surface area contributed by atoms with Gasteiger partial charge >= 0.3 is 5.97 Å². The molecule has 0 saturated heterocycles. The highest BCUT2D eigenvalue weighted by atomic mass is 32.1. The maximum Gasteiger partial charge on any atom is 0.349 e. The molecule has 1 N–H and O–H groups in total. The monoisotopic (exact) mass is 349 g/mol. The Morgan fingerprint density at radius 1 is 1.29 bits per heavy atom. The van der Waals surface area contributed by atoms with Gasteiger partial charge < -0.3 is 10.1 Å². The molecule has 0 saturated carbocycles. The zero-order chi connectivity index (χ0) is 17.7. The summed E-state index contributed by atoms with van der Waals surface area (Å²) >= 11 is 1.37. The number of carbonyl (C=O) groups excluding carboxylic acids is 2. The number of hydrogen-bond donors (Lipinski definition) is 1. The minimum absolute atomic E-state index is 0.249. The van der Waals surface area contributed by atoms with E-state index in [4.69, 9.17) is 4.74 Å². The van der Waals surface area contributed by atoms with Crippen molar-refractivity contribution in [2.24, 2.45) is 0 Å². The summed E-state index contributed by atoms with van der Waals surface area (Å²) < 4.78 is 18.0. The molecule has 1 atom stereocenters. The lowest BCUT2D eigenvalue weighted by Crippen LogP contribution is -2.35. The molecule has 1 amide bonds. The summed E-state index contributed by atoms with van der Waals surface area (Å²) in [6.07, 6.45) is -0.0472. The number of hydrogen-bond acceptors (Lipinski definition) is 4. The van der Waals surface area contributed by atoms with Crippen LogP contribution in [0.5, 0.6) is 0 Å². The second-order valence-electron chi connectivity index (χ2n) is 5.44. The summed E-state index contributed by atoms with van der Waals surface area (Å²) in [7, 11) is 0. The summed E-state index contributed by atoms with van der Waals surface area (Å²) in [6, 6.07) is 7.65. The fraction of sp³-hybridized carbons (Fsp3) is 0.333. The second-order valence-corrected chi connectivity index (χ2v) is 6.69. The van der Waals surface area contributed by atoms with Gasteiger partial charge in [-0.15, -0.1) is 11.3 Å². The summed E-state index contributed by atoms with van der Waals surface area (Å²) in [4.78, 5) is 25.7. The van der Waals surface area contributed by atoms with Crippen molar-refractivity contribution in [3.63, 3.8) is 0 Å². The molecule has 0 bridgehead atoms. The number of thiophene rings is 1. The van der Waals surface area contributed by atoms with Gasteiger partial charge in [-0.25, -0.2) is 9.18 Å². The predicted molar refractivity (Wildman–Crippen MR) is 91.6 cm³/mol. The molecule has 24 heavy (non-hydrogen) atoms. The Kier molecular flexibility index (Phi) is 6.09. The molecular weight excluding hydrogens is 329 g/mol. The van der Waals surface area contributed by atoms with Gasteiger partial charge in [-0.3, -0.25) is 4.79 Å². The van der Waals surface area contributed by atoms with Crippen LogP contribution in [-0.4, -0.2) is 18.0 Å². The van der Waals surface area contributed by atoms with Crippen molar-refractivity contribution >= 4 is 23.2 Å². The van der Waals surface area contributed by atoms with Gasteiger partial charge in [0.1, 0.15) is 10.7 Å². The van der Waals surface area contributed by atoms with E-state index >= 15 is 0 Å². The first kappa shape index (κ1) is 18.1. The summed E-state index contributed by atoms with van der Waals surface area (Å²) in [5.74, 6) is -1.21. The standard InChI is InChI=1S/C18H20FNO3S/c1-4-14-9-16(24-12(14)3)18(22)23-11(2)17(21)20-10-13-5-7-15(19)8-6-13/h5-9,11H,4,10H2,1-3H3,(H,20,21)/t11-/m1/s1. The molecule has 2 rings (SSSR count). The number of aryl methyl sites for hydroxylation is 2. The van der Waals surface area contributed by atoms with Crippen molar-refractivity contribution in [2.75, 3.05) is 0 Å². The number of carbonyl (C=O) groups is 2. The molecular formula is C18H20FNO3S. The van der Waals surface area contributed by atoms with E-state index in [0.717, 1.165) is 22.4 Å². The highest BCUT2D eigenvalue weighted by Crippen LogP contribution is 2.23. The Morgan fingerprint density at radius 2 is 1.96 bits per heavy atom. The lowest BCUT2D eigenvalue weighted by Gasteiger charge is -2.13. The lowest BCUT2D eigenvalue weighted by molar-refractivity contribution is -0.129. The van der Waals surface area contributed by atoms with Gasteiger partial charge in [-0.2, -0.15) is 0 Å². The molecule has 0 spiro atoms. The van der Waals surface area contributed by atoms with Crippen LogP contribution in [0.3, 0.4) is 0 Å². The van der Waals surface area contributed by atoms with E-state index in [2.05, 4.69) is 5.32 Å². The van der Waals surface area contributed by atoms with E-state index in [1.807, 2.05) is 19.9 Å². The first-order chi connectivity index (χ1) is 11.4. The largest absolute Gasteiger partial charge is 0.448 e. The molecule has 0 aliphatic carbocycles. The number of esters is 1. The van der Waals surface area contributed by atoms with Crippen LogP contribution in [0.4, 0.5) is 4.39 Å². The quantitative estimate of drug-likeness (QED) is 0.811. The normalized spacial score (nSPS) is 11.8. The molecule has 0 unspecified atom stereocenters. The third kappa shape index (κ3) is 4.64. The first-order valence-electron chi connectivity index (χ1n) is 7.73. The lowest BCUT2D eigenvalue weighted by atomic mass is 10.2.